The summed E-state index contributed by atoms with van der Waals surface area (Å²) in [7, 11) is 2.21. The summed E-state index contributed by atoms with van der Waals surface area (Å²) in [5.41, 5.74) is 0. The molecule has 90 valence electrons. The lowest BCUT2D eigenvalue weighted by atomic mass is 10.2. The number of piperazine rings is 1. The fraction of sp³-hybridized carbons (Fsp3) is 1.00. The first-order chi connectivity index (χ1) is 7.09. The maximum absolute atomic E-state index is 3.54. The van der Waals surface area contributed by atoms with Gasteiger partial charge in [-0.3, -0.25) is 4.90 Å². The van der Waals surface area contributed by atoms with E-state index in [2.05, 4.69) is 42.9 Å². The van der Waals surface area contributed by atoms with E-state index in [1.807, 2.05) is 0 Å². The Balaban J connectivity index is 2.13. The van der Waals surface area contributed by atoms with Gasteiger partial charge in [-0.1, -0.05) is 13.8 Å². The lowest BCUT2D eigenvalue weighted by Gasteiger charge is -2.36. The van der Waals surface area contributed by atoms with Gasteiger partial charge in [0.05, 0.1) is 0 Å². The number of hydrogen-bond acceptors (Lipinski definition) is 3. The van der Waals surface area contributed by atoms with Gasteiger partial charge in [-0.2, -0.15) is 0 Å². The highest BCUT2D eigenvalue weighted by molar-refractivity contribution is 4.76. The third kappa shape index (κ3) is 4.96. The summed E-state index contributed by atoms with van der Waals surface area (Å²) >= 11 is 0. The van der Waals surface area contributed by atoms with Crippen molar-refractivity contribution in [2.45, 2.75) is 26.8 Å². The van der Waals surface area contributed by atoms with Crippen molar-refractivity contribution in [1.82, 2.24) is 15.1 Å². The summed E-state index contributed by atoms with van der Waals surface area (Å²) in [6.45, 7) is 14.0. The molecule has 0 amide bonds. The van der Waals surface area contributed by atoms with Crippen molar-refractivity contribution in [2.75, 3.05) is 46.3 Å². The molecule has 1 fully saturated rings. The molecule has 1 N–H and O–H groups in total. The molecule has 3 nitrogen and oxygen atoms in total. The molecule has 0 aromatic carbocycles. The molecule has 3 heteroatoms. The summed E-state index contributed by atoms with van der Waals surface area (Å²) in [6.07, 6.45) is 0. The Morgan fingerprint density at radius 1 is 1.00 bits per heavy atom. The van der Waals surface area contributed by atoms with Crippen LogP contribution in [0.4, 0.5) is 0 Å². The molecular weight excluding hydrogens is 186 g/mol. The molecular formula is C12H27N3. The second-order valence-electron chi connectivity index (χ2n) is 5.24. The highest BCUT2D eigenvalue weighted by atomic mass is 15.3. The summed E-state index contributed by atoms with van der Waals surface area (Å²) in [5, 5.41) is 3.54. The molecule has 1 unspecified atom stereocenters. The number of likely N-dealkylation sites (N-methyl/N-ethyl adjacent to an activating group) is 1. The first kappa shape index (κ1) is 12.9. The SMILES string of the molecule is CC(C)CNCC(C)N1CCN(C)CC1. The van der Waals surface area contributed by atoms with Crippen LogP contribution in [0.5, 0.6) is 0 Å². The summed E-state index contributed by atoms with van der Waals surface area (Å²) in [5.74, 6) is 0.754. The maximum atomic E-state index is 3.54. The molecule has 1 atom stereocenters. The van der Waals surface area contributed by atoms with Crippen molar-refractivity contribution in [3.8, 4) is 0 Å². The van der Waals surface area contributed by atoms with Crippen molar-refractivity contribution >= 4 is 0 Å². The molecule has 1 rings (SSSR count). The zero-order chi connectivity index (χ0) is 11.3. The van der Waals surface area contributed by atoms with Crippen molar-refractivity contribution in [3.63, 3.8) is 0 Å². The van der Waals surface area contributed by atoms with Crippen LogP contribution < -0.4 is 5.32 Å². The minimum atomic E-state index is 0.678. The van der Waals surface area contributed by atoms with Crippen LogP contribution in [0.15, 0.2) is 0 Å². The van der Waals surface area contributed by atoms with E-state index < -0.39 is 0 Å². The highest BCUT2D eigenvalue weighted by Gasteiger charge is 2.18. The molecule has 1 aliphatic heterocycles. The number of rotatable bonds is 5. The van der Waals surface area contributed by atoms with Crippen LogP contribution in [-0.4, -0.2) is 62.2 Å². The average molecular weight is 213 g/mol. The van der Waals surface area contributed by atoms with Crippen molar-refractivity contribution in [1.29, 1.82) is 0 Å². The molecule has 1 saturated heterocycles. The summed E-state index contributed by atoms with van der Waals surface area (Å²) in [4.78, 5) is 5.00. The Morgan fingerprint density at radius 3 is 2.13 bits per heavy atom. The molecule has 0 spiro atoms. The van der Waals surface area contributed by atoms with E-state index in [1.54, 1.807) is 0 Å². The van der Waals surface area contributed by atoms with Gasteiger partial charge in [0, 0.05) is 38.8 Å². The largest absolute Gasteiger partial charge is 0.315 e. The summed E-state index contributed by atoms with van der Waals surface area (Å²) in [6, 6.07) is 0.678. The predicted molar refractivity (Wildman–Crippen MR) is 66.2 cm³/mol. The van der Waals surface area contributed by atoms with E-state index in [0.717, 1.165) is 19.0 Å². The van der Waals surface area contributed by atoms with Crippen LogP contribution in [0.1, 0.15) is 20.8 Å². The highest BCUT2D eigenvalue weighted by Crippen LogP contribution is 2.04. The van der Waals surface area contributed by atoms with Crippen LogP contribution in [0.3, 0.4) is 0 Å². The van der Waals surface area contributed by atoms with Crippen LogP contribution in [0.25, 0.3) is 0 Å². The van der Waals surface area contributed by atoms with Gasteiger partial charge in [0.25, 0.3) is 0 Å². The van der Waals surface area contributed by atoms with Crippen LogP contribution in [-0.2, 0) is 0 Å². The van der Waals surface area contributed by atoms with E-state index >= 15 is 0 Å². The van der Waals surface area contributed by atoms with Gasteiger partial charge in [-0.25, -0.2) is 0 Å². The molecule has 0 aliphatic carbocycles. The minimum Gasteiger partial charge on any atom is -0.315 e. The topological polar surface area (TPSA) is 18.5 Å². The average Bonchev–Trinajstić information content (AvgIpc) is 2.18. The van der Waals surface area contributed by atoms with E-state index in [-0.39, 0.29) is 0 Å². The van der Waals surface area contributed by atoms with Gasteiger partial charge in [0.15, 0.2) is 0 Å². The number of nitrogens with zero attached hydrogens (tertiary/aromatic N) is 2. The normalized spacial score (nSPS) is 22.2. The summed E-state index contributed by atoms with van der Waals surface area (Å²) < 4.78 is 0. The Hall–Kier alpha value is -0.120. The second kappa shape index (κ2) is 6.46. The van der Waals surface area contributed by atoms with E-state index in [4.69, 9.17) is 0 Å². The second-order valence-corrected chi connectivity index (χ2v) is 5.24. The molecule has 1 heterocycles. The van der Waals surface area contributed by atoms with Crippen LogP contribution >= 0.6 is 0 Å². The molecule has 15 heavy (non-hydrogen) atoms. The van der Waals surface area contributed by atoms with Crippen LogP contribution in [0, 0.1) is 5.92 Å². The first-order valence-electron chi connectivity index (χ1n) is 6.23. The van der Waals surface area contributed by atoms with Gasteiger partial charge in [0.2, 0.25) is 0 Å². The molecule has 0 aromatic rings. The molecule has 0 bridgehead atoms. The third-order valence-electron chi connectivity index (χ3n) is 3.15. The predicted octanol–water partition coefficient (Wildman–Crippen LogP) is 0.868. The van der Waals surface area contributed by atoms with Gasteiger partial charge >= 0.3 is 0 Å². The standard InChI is InChI=1S/C12H27N3/c1-11(2)9-13-10-12(3)15-7-5-14(4)6-8-15/h11-13H,5-10H2,1-4H3. The third-order valence-corrected chi connectivity index (χ3v) is 3.15. The van der Waals surface area contributed by atoms with Gasteiger partial charge < -0.3 is 10.2 Å². The van der Waals surface area contributed by atoms with E-state index in [0.29, 0.717) is 6.04 Å². The fourth-order valence-electron chi connectivity index (χ4n) is 1.97. The fourth-order valence-corrected chi connectivity index (χ4v) is 1.97. The van der Waals surface area contributed by atoms with Crippen molar-refractivity contribution < 1.29 is 0 Å². The minimum absolute atomic E-state index is 0.678. The number of nitrogens with one attached hydrogen (secondary N) is 1. The lowest BCUT2D eigenvalue weighted by Crippen LogP contribution is -2.50. The van der Waals surface area contributed by atoms with Gasteiger partial charge in [-0.05, 0) is 26.4 Å². The first-order valence-corrected chi connectivity index (χ1v) is 6.23. The van der Waals surface area contributed by atoms with Gasteiger partial charge in [-0.15, -0.1) is 0 Å². The van der Waals surface area contributed by atoms with E-state index in [9.17, 15) is 0 Å². The van der Waals surface area contributed by atoms with Crippen molar-refractivity contribution in [2.24, 2.45) is 5.92 Å². The van der Waals surface area contributed by atoms with Crippen LogP contribution in [0.2, 0.25) is 0 Å². The lowest BCUT2D eigenvalue weighted by molar-refractivity contribution is 0.117. The Morgan fingerprint density at radius 2 is 1.60 bits per heavy atom. The van der Waals surface area contributed by atoms with Gasteiger partial charge in [0.1, 0.15) is 0 Å². The quantitative estimate of drug-likeness (QED) is 0.731. The zero-order valence-electron chi connectivity index (χ0n) is 10.8. The van der Waals surface area contributed by atoms with Crippen molar-refractivity contribution in [3.05, 3.63) is 0 Å². The Bertz CT molecular complexity index is 162. The molecule has 0 saturated carbocycles. The number of hydrogen-bond donors (Lipinski definition) is 1. The maximum Gasteiger partial charge on any atom is 0.0193 e. The Kier molecular flexibility index (Phi) is 5.58. The zero-order valence-corrected chi connectivity index (χ0v) is 10.8. The van der Waals surface area contributed by atoms with E-state index in [1.165, 1.54) is 26.2 Å². The Labute approximate surface area is 94.8 Å². The smallest absolute Gasteiger partial charge is 0.0193 e. The molecule has 1 aliphatic rings. The molecule has 0 radical (unpaired) electrons. The molecule has 0 aromatic heterocycles. The monoisotopic (exact) mass is 213 g/mol.